The summed E-state index contributed by atoms with van der Waals surface area (Å²) in [6.07, 6.45) is 5.98. The van der Waals surface area contributed by atoms with Crippen molar-refractivity contribution in [2.24, 2.45) is 0 Å². The van der Waals surface area contributed by atoms with E-state index in [0.29, 0.717) is 5.57 Å². The summed E-state index contributed by atoms with van der Waals surface area (Å²) in [5.41, 5.74) is 2.87. The Balaban J connectivity index is 4.52. The van der Waals surface area contributed by atoms with Crippen LogP contribution in [0.3, 0.4) is 0 Å². The minimum atomic E-state index is -0.260. The van der Waals surface area contributed by atoms with Gasteiger partial charge in [-0.2, -0.15) is 0 Å². The van der Waals surface area contributed by atoms with Crippen LogP contribution in [0.5, 0.6) is 0 Å². The van der Waals surface area contributed by atoms with Crippen LogP contribution in [0.1, 0.15) is 27.2 Å². The molecule has 15 heavy (non-hydrogen) atoms. The van der Waals surface area contributed by atoms with Crippen LogP contribution >= 0.6 is 0 Å². The van der Waals surface area contributed by atoms with Gasteiger partial charge in [-0.3, -0.25) is 0 Å². The summed E-state index contributed by atoms with van der Waals surface area (Å²) < 4.78 is 13.0. The van der Waals surface area contributed by atoms with Crippen LogP contribution in [-0.4, -0.2) is 7.05 Å². The largest absolute Gasteiger partial charge is 0.392 e. The van der Waals surface area contributed by atoms with Crippen LogP contribution in [0.15, 0.2) is 47.5 Å². The predicted molar refractivity (Wildman–Crippen MR) is 65.2 cm³/mol. The average molecular weight is 209 g/mol. The summed E-state index contributed by atoms with van der Waals surface area (Å²) in [6.45, 7) is 9.12. The van der Waals surface area contributed by atoms with Gasteiger partial charge in [0.05, 0.1) is 0 Å². The maximum atomic E-state index is 13.0. The van der Waals surface area contributed by atoms with Crippen molar-refractivity contribution in [2.45, 2.75) is 27.2 Å². The molecule has 0 aromatic rings. The summed E-state index contributed by atoms with van der Waals surface area (Å²) >= 11 is 0. The fourth-order valence-electron chi connectivity index (χ4n) is 1.07. The van der Waals surface area contributed by atoms with E-state index >= 15 is 0 Å². The SMILES string of the molecule is C=C/C(F)=C(C)\C=C(\C)C/C=C(\C)NC. The highest BCUT2D eigenvalue weighted by Gasteiger charge is 1.94. The van der Waals surface area contributed by atoms with E-state index in [2.05, 4.69) is 18.0 Å². The maximum Gasteiger partial charge on any atom is 0.125 e. The molecule has 0 heterocycles. The molecule has 0 saturated carbocycles. The predicted octanol–water partition coefficient (Wildman–Crippen LogP) is 3.88. The van der Waals surface area contributed by atoms with Crippen LogP contribution in [0.25, 0.3) is 0 Å². The zero-order valence-corrected chi connectivity index (χ0v) is 10.0. The maximum absolute atomic E-state index is 13.0. The Labute approximate surface area is 92.1 Å². The third-order valence-corrected chi connectivity index (χ3v) is 2.14. The lowest BCUT2D eigenvalue weighted by atomic mass is 10.1. The molecular weight excluding hydrogens is 189 g/mol. The Morgan fingerprint density at radius 3 is 2.40 bits per heavy atom. The molecular formula is C13H20FN. The number of rotatable bonds is 5. The second kappa shape index (κ2) is 7.04. The molecule has 0 aliphatic rings. The van der Waals surface area contributed by atoms with Crippen molar-refractivity contribution in [3.63, 3.8) is 0 Å². The van der Waals surface area contributed by atoms with Gasteiger partial charge < -0.3 is 5.32 Å². The van der Waals surface area contributed by atoms with E-state index in [4.69, 9.17) is 0 Å². The molecule has 0 aromatic heterocycles. The zero-order valence-electron chi connectivity index (χ0n) is 10.0. The van der Waals surface area contributed by atoms with Gasteiger partial charge in [0.25, 0.3) is 0 Å². The van der Waals surface area contributed by atoms with Crippen LogP contribution in [-0.2, 0) is 0 Å². The molecule has 0 bridgehead atoms. The van der Waals surface area contributed by atoms with Gasteiger partial charge in [-0.15, -0.1) is 0 Å². The van der Waals surface area contributed by atoms with Gasteiger partial charge in [0.2, 0.25) is 0 Å². The van der Waals surface area contributed by atoms with Crippen molar-refractivity contribution in [1.29, 1.82) is 0 Å². The minimum Gasteiger partial charge on any atom is -0.392 e. The van der Waals surface area contributed by atoms with Crippen LogP contribution < -0.4 is 5.32 Å². The van der Waals surface area contributed by atoms with Crippen LogP contribution in [0.4, 0.5) is 4.39 Å². The van der Waals surface area contributed by atoms with E-state index in [1.165, 1.54) is 6.08 Å². The van der Waals surface area contributed by atoms with E-state index in [0.717, 1.165) is 17.7 Å². The minimum absolute atomic E-state index is 0.260. The smallest absolute Gasteiger partial charge is 0.125 e. The molecule has 1 nitrogen and oxygen atoms in total. The summed E-state index contributed by atoms with van der Waals surface area (Å²) in [7, 11) is 1.88. The molecule has 0 rings (SSSR count). The molecule has 0 unspecified atom stereocenters. The topological polar surface area (TPSA) is 12.0 Å². The van der Waals surface area contributed by atoms with E-state index in [1.54, 1.807) is 6.92 Å². The number of allylic oxidation sites excluding steroid dienone is 7. The van der Waals surface area contributed by atoms with Crippen molar-refractivity contribution in [1.82, 2.24) is 5.32 Å². The Morgan fingerprint density at radius 2 is 1.93 bits per heavy atom. The third-order valence-electron chi connectivity index (χ3n) is 2.14. The normalized spacial score (nSPS) is 14.7. The fraction of sp³-hybridized carbons (Fsp3) is 0.385. The number of hydrogen-bond donors (Lipinski definition) is 1. The van der Waals surface area contributed by atoms with Gasteiger partial charge in [-0.25, -0.2) is 4.39 Å². The summed E-state index contributed by atoms with van der Waals surface area (Å²) in [6, 6.07) is 0. The van der Waals surface area contributed by atoms with Crippen molar-refractivity contribution >= 4 is 0 Å². The third kappa shape index (κ3) is 5.89. The first-order valence-corrected chi connectivity index (χ1v) is 5.01. The monoisotopic (exact) mass is 209 g/mol. The molecule has 1 N–H and O–H groups in total. The van der Waals surface area contributed by atoms with E-state index in [9.17, 15) is 4.39 Å². The zero-order chi connectivity index (χ0) is 11.8. The second-order valence-corrected chi connectivity index (χ2v) is 3.57. The van der Waals surface area contributed by atoms with Gasteiger partial charge in [-0.05, 0) is 38.8 Å². The molecule has 0 fully saturated rings. The first kappa shape index (κ1) is 13.7. The first-order valence-electron chi connectivity index (χ1n) is 5.01. The van der Waals surface area contributed by atoms with Crippen molar-refractivity contribution < 1.29 is 4.39 Å². The van der Waals surface area contributed by atoms with Crippen LogP contribution in [0, 0.1) is 0 Å². The summed E-state index contributed by atoms with van der Waals surface area (Å²) in [5.74, 6) is -0.260. The molecule has 84 valence electrons. The molecule has 0 spiro atoms. The molecule has 0 radical (unpaired) electrons. The Bertz CT molecular complexity index is 308. The molecule has 0 saturated heterocycles. The highest BCUT2D eigenvalue weighted by atomic mass is 19.1. The van der Waals surface area contributed by atoms with Gasteiger partial charge in [-0.1, -0.05) is 24.3 Å². The number of hydrogen-bond acceptors (Lipinski definition) is 1. The van der Waals surface area contributed by atoms with Gasteiger partial charge in [0, 0.05) is 12.7 Å². The highest BCUT2D eigenvalue weighted by molar-refractivity contribution is 5.29. The molecule has 0 aromatic carbocycles. The highest BCUT2D eigenvalue weighted by Crippen LogP contribution is 2.12. The molecule has 0 aliphatic heterocycles. The Kier molecular flexibility index (Phi) is 6.43. The van der Waals surface area contributed by atoms with Gasteiger partial charge >= 0.3 is 0 Å². The Morgan fingerprint density at radius 1 is 1.33 bits per heavy atom. The first-order chi connectivity index (χ1) is 7.01. The number of nitrogens with one attached hydrogen (secondary N) is 1. The van der Waals surface area contributed by atoms with Gasteiger partial charge in [0.15, 0.2) is 0 Å². The van der Waals surface area contributed by atoms with E-state index in [1.807, 2.05) is 27.0 Å². The van der Waals surface area contributed by atoms with Crippen molar-refractivity contribution in [3.05, 3.63) is 47.5 Å². The fourth-order valence-corrected chi connectivity index (χ4v) is 1.07. The molecule has 0 aliphatic carbocycles. The summed E-state index contributed by atoms with van der Waals surface area (Å²) in [5, 5.41) is 3.04. The van der Waals surface area contributed by atoms with Gasteiger partial charge in [0.1, 0.15) is 5.83 Å². The van der Waals surface area contributed by atoms with Crippen molar-refractivity contribution in [3.8, 4) is 0 Å². The van der Waals surface area contributed by atoms with Crippen molar-refractivity contribution in [2.75, 3.05) is 7.05 Å². The van der Waals surface area contributed by atoms with E-state index in [-0.39, 0.29) is 5.83 Å². The standard InChI is InChI=1S/C13H20FN/c1-6-13(14)11(3)9-10(2)7-8-12(4)15-5/h6,8-9,15H,1,7H2,2-5H3/b10-9-,12-8+,13-11+. The molecule has 0 amide bonds. The lowest BCUT2D eigenvalue weighted by Crippen LogP contribution is -2.00. The summed E-state index contributed by atoms with van der Waals surface area (Å²) in [4.78, 5) is 0. The molecule has 0 atom stereocenters. The van der Waals surface area contributed by atoms with E-state index < -0.39 is 0 Å². The van der Waals surface area contributed by atoms with Crippen LogP contribution in [0.2, 0.25) is 0 Å². The quantitative estimate of drug-likeness (QED) is 0.678. The molecule has 2 heteroatoms. The Hall–Kier alpha value is -1.31. The lowest BCUT2D eigenvalue weighted by molar-refractivity contribution is 0.658. The number of halogens is 1. The average Bonchev–Trinajstić information content (AvgIpc) is 2.24. The lowest BCUT2D eigenvalue weighted by Gasteiger charge is -2.01. The second-order valence-electron chi connectivity index (χ2n) is 3.57.